The lowest BCUT2D eigenvalue weighted by molar-refractivity contribution is 0.0939. The molecule has 88 valence electrons. The zero-order valence-corrected chi connectivity index (χ0v) is 10.7. The smallest absolute Gasteiger partial charge is 0.269 e. The monoisotopic (exact) mass is 285 g/mol. The van der Waals surface area contributed by atoms with Crippen LogP contribution in [-0.2, 0) is 0 Å². The molecule has 1 saturated carbocycles. The topological polar surface area (TPSA) is 57.8 Å². The highest BCUT2D eigenvalue weighted by molar-refractivity contribution is 9.09. The van der Waals surface area contributed by atoms with E-state index in [-0.39, 0.29) is 5.91 Å². The summed E-state index contributed by atoms with van der Waals surface area (Å²) < 4.78 is 0. The molecule has 4 nitrogen and oxygen atoms in total. The fourth-order valence-electron chi connectivity index (χ4n) is 2.09. The highest BCUT2D eigenvalue weighted by Gasteiger charge is 2.23. The number of aromatic nitrogens is 2. The van der Waals surface area contributed by atoms with Crippen LogP contribution >= 0.6 is 15.9 Å². The van der Waals surface area contributed by atoms with E-state index in [2.05, 4.69) is 31.4 Å². The van der Waals surface area contributed by atoms with Crippen molar-refractivity contribution in [2.45, 2.75) is 30.5 Å². The predicted molar refractivity (Wildman–Crippen MR) is 65.6 cm³/mol. The molecule has 2 rings (SSSR count). The van der Waals surface area contributed by atoms with Gasteiger partial charge in [-0.15, -0.1) is 0 Å². The van der Waals surface area contributed by atoms with Crippen molar-refractivity contribution in [3.05, 3.63) is 18.0 Å². The van der Waals surface area contributed by atoms with E-state index >= 15 is 0 Å². The molecule has 1 aromatic heterocycles. The zero-order valence-electron chi connectivity index (χ0n) is 9.08. The molecular weight excluding hydrogens is 270 g/mol. The van der Waals surface area contributed by atoms with Crippen LogP contribution in [0.1, 0.15) is 36.2 Å². The molecule has 1 aliphatic rings. The third kappa shape index (κ3) is 2.84. The number of nitrogens with zero attached hydrogens (tertiary/aromatic N) is 1. The third-order valence-electron chi connectivity index (χ3n) is 3.09. The number of aromatic amines is 1. The van der Waals surface area contributed by atoms with Gasteiger partial charge in [-0.1, -0.05) is 28.8 Å². The Bertz CT molecular complexity index is 339. The van der Waals surface area contributed by atoms with E-state index in [4.69, 9.17) is 0 Å². The minimum Gasteiger partial charge on any atom is -0.350 e. The summed E-state index contributed by atoms with van der Waals surface area (Å²) in [5.74, 6) is 0.489. The number of amides is 1. The summed E-state index contributed by atoms with van der Waals surface area (Å²) in [5, 5.41) is 9.36. The summed E-state index contributed by atoms with van der Waals surface area (Å²) in [7, 11) is 0. The van der Waals surface area contributed by atoms with Crippen molar-refractivity contribution in [3.8, 4) is 0 Å². The summed E-state index contributed by atoms with van der Waals surface area (Å²) in [4.78, 5) is 12.2. The second kappa shape index (κ2) is 5.48. The molecular formula is C11H16BrN3O. The van der Waals surface area contributed by atoms with Crippen LogP contribution in [0.25, 0.3) is 0 Å². The molecule has 2 N–H and O–H groups in total. The highest BCUT2D eigenvalue weighted by atomic mass is 79.9. The van der Waals surface area contributed by atoms with Gasteiger partial charge < -0.3 is 5.32 Å². The van der Waals surface area contributed by atoms with Gasteiger partial charge in [-0.3, -0.25) is 9.89 Å². The van der Waals surface area contributed by atoms with E-state index in [1.165, 1.54) is 25.7 Å². The van der Waals surface area contributed by atoms with Gasteiger partial charge >= 0.3 is 0 Å². The van der Waals surface area contributed by atoms with Gasteiger partial charge in [0.05, 0.1) is 0 Å². The Balaban J connectivity index is 1.80. The summed E-state index contributed by atoms with van der Waals surface area (Å²) in [6.45, 7) is 0.744. The number of carbonyl (C=O) groups is 1. The van der Waals surface area contributed by atoms with Gasteiger partial charge in [0, 0.05) is 17.6 Å². The van der Waals surface area contributed by atoms with E-state index < -0.39 is 0 Å². The molecule has 2 unspecified atom stereocenters. The van der Waals surface area contributed by atoms with Crippen LogP contribution < -0.4 is 5.32 Å². The number of nitrogens with one attached hydrogen (secondary N) is 2. The Morgan fingerprint density at radius 3 is 3.06 bits per heavy atom. The lowest BCUT2D eigenvalue weighted by Crippen LogP contribution is -2.34. The minimum absolute atomic E-state index is 0.0669. The van der Waals surface area contributed by atoms with Crippen LogP contribution in [0.3, 0.4) is 0 Å². The summed E-state index contributed by atoms with van der Waals surface area (Å²) in [6.07, 6.45) is 6.56. The molecule has 1 fully saturated rings. The van der Waals surface area contributed by atoms with Gasteiger partial charge in [-0.25, -0.2) is 0 Å². The Kier molecular flexibility index (Phi) is 3.98. The molecule has 16 heavy (non-hydrogen) atoms. The molecule has 1 aliphatic carbocycles. The first-order chi connectivity index (χ1) is 7.77. The van der Waals surface area contributed by atoms with Crippen LogP contribution in [0.15, 0.2) is 12.3 Å². The van der Waals surface area contributed by atoms with Crippen LogP contribution in [0, 0.1) is 5.92 Å². The van der Waals surface area contributed by atoms with Crippen molar-refractivity contribution >= 4 is 21.8 Å². The average molecular weight is 286 g/mol. The molecule has 0 aliphatic heterocycles. The maximum atomic E-state index is 11.7. The number of carbonyl (C=O) groups excluding carboxylic acids is 1. The predicted octanol–water partition coefficient (Wildman–Crippen LogP) is 2.09. The third-order valence-corrected chi connectivity index (χ3v) is 4.29. The molecule has 1 amide bonds. The summed E-state index contributed by atoms with van der Waals surface area (Å²) >= 11 is 3.68. The normalized spacial score (nSPS) is 25.3. The van der Waals surface area contributed by atoms with Gasteiger partial charge in [0.15, 0.2) is 0 Å². The number of halogens is 1. The van der Waals surface area contributed by atoms with E-state index in [0.29, 0.717) is 16.4 Å². The van der Waals surface area contributed by atoms with Gasteiger partial charge in [0.1, 0.15) is 5.69 Å². The van der Waals surface area contributed by atoms with Crippen molar-refractivity contribution in [2.75, 3.05) is 6.54 Å². The molecule has 0 radical (unpaired) electrons. The van der Waals surface area contributed by atoms with Crippen molar-refractivity contribution < 1.29 is 4.79 Å². The van der Waals surface area contributed by atoms with E-state index in [1.807, 2.05) is 0 Å². The molecule has 5 heteroatoms. The quantitative estimate of drug-likeness (QED) is 0.836. The second-order valence-electron chi connectivity index (χ2n) is 4.24. The van der Waals surface area contributed by atoms with Gasteiger partial charge in [-0.05, 0) is 24.8 Å². The standard InChI is InChI=1S/C11H16BrN3O/c12-9-4-2-1-3-8(9)7-13-11(16)10-5-6-14-15-10/h5-6,8-9H,1-4,7H2,(H,13,16)(H,14,15). The zero-order chi connectivity index (χ0) is 11.4. The SMILES string of the molecule is O=C(NCC1CCCCC1Br)c1ccn[nH]1. The van der Waals surface area contributed by atoms with E-state index in [0.717, 1.165) is 6.54 Å². The Morgan fingerprint density at radius 1 is 1.56 bits per heavy atom. The maximum Gasteiger partial charge on any atom is 0.269 e. The first kappa shape index (κ1) is 11.6. The van der Waals surface area contributed by atoms with Crippen LogP contribution in [0.5, 0.6) is 0 Å². The Labute approximate surface area is 103 Å². The van der Waals surface area contributed by atoms with Crippen molar-refractivity contribution in [1.82, 2.24) is 15.5 Å². The van der Waals surface area contributed by atoms with Gasteiger partial charge in [-0.2, -0.15) is 5.10 Å². The molecule has 0 saturated heterocycles. The summed E-state index contributed by atoms with van der Waals surface area (Å²) in [6, 6.07) is 1.68. The first-order valence-electron chi connectivity index (χ1n) is 5.69. The van der Waals surface area contributed by atoms with Gasteiger partial charge in [0.2, 0.25) is 0 Å². The summed E-state index contributed by atoms with van der Waals surface area (Å²) in [5.41, 5.74) is 0.530. The van der Waals surface area contributed by atoms with E-state index in [1.54, 1.807) is 12.3 Å². The number of rotatable bonds is 3. The van der Waals surface area contributed by atoms with E-state index in [9.17, 15) is 4.79 Å². The Morgan fingerprint density at radius 2 is 2.38 bits per heavy atom. The molecule has 0 bridgehead atoms. The van der Waals surface area contributed by atoms with Crippen molar-refractivity contribution in [2.24, 2.45) is 5.92 Å². The maximum absolute atomic E-state index is 11.7. The van der Waals surface area contributed by atoms with Crippen molar-refractivity contribution in [3.63, 3.8) is 0 Å². The molecule has 1 aromatic rings. The highest BCUT2D eigenvalue weighted by Crippen LogP contribution is 2.29. The number of hydrogen-bond donors (Lipinski definition) is 2. The van der Waals surface area contributed by atoms with Crippen LogP contribution in [0.4, 0.5) is 0 Å². The second-order valence-corrected chi connectivity index (χ2v) is 5.42. The van der Waals surface area contributed by atoms with Gasteiger partial charge in [0.25, 0.3) is 5.91 Å². The molecule has 0 spiro atoms. The van der Waals surface area contributed by atoms with Crippen LogP contribution in [0.2, 0.25) is 0 Å². The fraction of sp³-hybridized carbons (Fsp3) is 0.636. The lowest BCUT2D eigenvalue weighted by Gasteiger charge is -2.27. The fourth-order valence-corrected chi connectivity index (χ4v) is 2.87. The largest absolute Gasteiger partial charge is 0.350 e. The molecule has 0 aromatic carbocycles. The Hall–Kier alpha value is -0.840. The first-order valence-corrected chi connectivity index (χ1v) is 6.60. The number of H-pyrrole nitrogens is 1. The molecule has 2 atom stereocenters. The molecule has 1 heterocycles. The lowest BCUT2D eigenvalue weighted by atomic mass is 9.89. The minimum atomic E-state index is -0.0669. The number of hydrogen-bond acceptors (Lipinski definition) is 2. The number of alkyl halides is 1. The van der Waals surface area contributed by atoms with Crippen LogP contribution in [-0.4, -0.2) is 27.5 Å². The van der Waals surface area contributed by atoms with Crippen molar-refractivity contribution in [1.29, 1.82) is 0 Å². The average Bonchev–Trinajstić information content (AvgIpc) is 2.81.